The first kappa shape index (κ1) is 14.4. The summed E-state index contributed by atoms with van der Waals surface area (Å²) in [5, 5.41) is 0. The monoisotopic (exact) mass is 262 g/mol. The van der Waals surface area contributed by atoms with Gasteiger partial charge in [-0.15, -0.1) is 0 Å². The molecule has 106 valence electrons. The van der Waals surface area contributed by atoms with E-state index in [1.54, 1.807) is 0 Å². The lowest BCUT2D eigenvalue weighted by Gasteiger charge is -2.14. The van der Waals surface area contributed by atoms with Crippen molar-refractivity contribution in [1.82, 2.24) is 0 Å². The molecule has 1 heterocycles. The zero-order valence-corrected chi connectivity index (χ0v) is 12.7. The molecule has 0 aliphatic carbocycles. The SMILES string of the molecule is CCCOc1ccc(CCC2OC2CC)c(C)c1C. The average molecular weight is 262 g/mol. The van der Waals surface area contributed by atoms with Crippen LogP contribution in [0.3, 0.4) is 0 Å². The minimum absolute atomic E-state index is 0.501. The van der Waals surface area contributed by atoms with Gasteiger partial charge in [-0.1, -0.05) is 19.9 Å². The molecule has 0 N–H and O–H groups in total. The molecule has 0 amide bonds. The van der Waals surface area contributed by atoms with Gasteiger partial charge in [-0.2, -0.15) is 0 Å². The Morgan fingerprint density at radius 1 is 1.11 bits per heavy atom. The van der Waals surface area contributed by atoms with Gasteiger partial charge in [-0.25, -0.2) is 0 Å². The maximum Gasteiger partial charge on any atom is 0.122 e. The van der Waals surface area contributed by atoms with Gasteiger partial charge in [-0.3, -0.25) is 0 Å². The smallest absolute Gasteiger partial charge is 0.122 e. The van der Waals surface area contributed by atoms with E-state index in [1.165, 1.54) is 16.7 Å². The van der Waals surface area contributed by atoms with Gasteiger partial charge in [0.05, 0.1) is 18.8 Å². The third kappa shape index (κ3) is 3.50. The van der Waals surface area contributed by atoms with Gasteiger partial charge in [0.2, 0.25) is 0 Å². The van der Waals surface area contributed by atoms with Crippen LogP contribution in [0, 0.1) is 13.8 Å². The summed E-state index contributed by atoms with van der Waals surface area (Å²) in [5.41, 5.74) is 4.10. The van der Waals surface area contributed by atoms with Crippen molar-refractivity contribution in [2.75, 3.05) is 6.61 Å². The molecule has 2 unspecified atom stereocenters. The zero-order valence-electron chi connectivity index (χ0n) is 12.7. The Morgan fingerprint density at radius 2 is 1.89 bits per heavy atom. The molecular formula is C17H26O2. The van der Waals surface area contributed by atoms with Crippen molar-refractivity contribution in [2.45, 2.75) is 65.6 Å². The molecule has 0 bridgehead atoms. The molecule has 1 aliphatic heterocycles. The lowest BCUT2D eigenvalue weighted by Crippen LogP contribution is -2.02. The van der Waals surface area contributed by atoms with Crippen LogP contribution in [0.25, 0.3) is 0 Å². The van der Waals surface area contributed by atoms with Crippen LogP contribution in [0.2, 0.25) is 0 Å². The highest BCUT2D eigenvalue weighted by atomic mass is 16.6. The molecule has 1 fully saturated rings. The molecule has 0 aromatic heterocycles. The lowest BCUT2D eigenvalue weighted by atomic mass is 9.97. The third-order valence-corrected chi connectivity index (χ3v) is 4.10. The van der Waals surface area contributed by atoms with Gasteiger partial charge < -0.3 is 9.47 Å². The van der Waals surface area contributed by atoms with Crippen LogP contribution in [-0.2, 0) is 11.2 Å². The van der Waals surface area contributed by atoms with E-state index in [9.17, 15) is 0 Å². The van der Waals surface area contributed by atoms with E-state index in [4.69, 9.17) is 9.47 Å². The van der Waals surface area contributed by atoms with Crippen LogP contribution in [0.5, 0.6) is 5.75 Å². The molecule has 1 aliphatic rings. The molecule has 2 rings (SSSR count). The second-order valence-corrected chi connectivity index (χ2v) is 5.48. The van der Waals surface area contributed by atoms with Crippen molar-refractivity contribution in [3.63, 3.8) is 0 Å². The molecule has 0 radical (unpaired) electrons. The van der Waals surface area contributed by atoms with E-state index in [0.717, 1.165) is 38.0 Å². The Morgan fingerprint density at radius 3 is 2.53 bits per heavy atom. The van der Waals surface area contributed by atoms with Gasteiger partial charge in [0.25, 0.3) is 0 Å². The molecule has 2 atom stereocenters. The highest BCUT2D eigenvalue weighted by Crippen LogP contribution is 2.31. The Balaban J connectivity index is 1.96. The average Bonchev–Trinajstić information content (AvgIpc) is 3.18. The van der Waals surface area contributed by atoms with Crippen molar-refractivity contribution in [3.05, 3.63) is 28.8 Å². The van der Waals surface area contributed by atoms with E-state index in [-0.39, 0.29) is 0 Å². The number of hydrogen-bond acceptors (Lipinski definition) is 2. The van der Waals surface area contributed by atoms with E-state index >= 15 is 0 Å². The van der Waals surface area contributed by atoms with Crippen molar-refractivity contribution >= 4 is 0 Å². The van der Waals surface area contributed by atoms with Crippen LogP contribution < -0.4 is 4.74 Å². The quantitative estimate of drug-likeness (QED) is 0.687. The maximum absolute atomic E-state index is 5.77. The highest BCUT2D eigenvalue weighted by Gasteiger charge is 2.36. The number of rotatable bonds is 7. The largest absolute Gasteiger partial charge is 0.493 e. The molecule has 1 saturated heterocycles. The zero-order chi connectivity index (χ0) is 13.8. The minimum atomic E-state index is 0.501. The maximum atomic E-state index is 5.77. The topological polar surface area (TPSA) is 21.8 Å². The number of aryl methyl sites for hydroxylation is 1. The van der Waals surface area contributed by atoms with Crippen LogP contribution in [0.1, 0.15) is 49.8 Å². The second-order valence-electron chi connectivity index (χ2n) is 5.48. The van der Waals surface area contributed by atoms with E-state index in [0.29, 0.717) is 12.2 Å². The standard InChI is InChI=1S/C17H26O2/c1-5-11-18-16-9-7-14(12(3)13(16)4)8-10-17-15(6-2)19-17/h7,9,15,17H,5-6,8,10-11H2,1-4H3. The normalized spacial score (nSPS) is 21.5. The van der Waals surface area contributed by atoms with Crippen LogP contribution in [0.15, 0.2) is 12.1 Å². The van der Waals surface area contributed by atoms with Gasteiger partial charge in [0, 0.05) is 0 Å². The first-order valence-electron chi connectivity index (χ1n) is 7.54. The summed E-state index contributed by atoms with van der Waals surface area (Å²) in [7, 11) is 0. The molecular weight excluding hydrogens is 236 g/mol. The van der Waals surface area contributed by atoms with E-state index in [2.05, 4.69) is 39.8 Å². The summed E-state index contributed by atoms with van der Waals surface area (Å²) in [6.45, 7) is 9.49. The van der Waals surface area contributed by atoms with Gasteiger partial charge in [0.1, 0.15) is 5.75 Å². The molecule has 19 heavy (non-hydrogen) atoms. The van der Waals surface area contributed by atoms with Crippen molar-refractivity contribution in [1.29, 1.82) is 0 Å². The number of epoxide rings is 1. The summed E-state index contributed by atoms with van der Waals surface area (Å²) in [4.78, 5) is 0. The van der Waals surface area contributed by atoms with Crippen LogP contribution in [-0.4, -0.2) is 18.8 Å². The van der Waals surface area contributed by atoms with Crippen molar-refractivity contribution in [3.8, 4) is 5.75 Å². The van der Waals surface area contributed by atoms with E-state index in [1.807, 2.05) is 0 Å². The fourth-order valence-corrected chi connectivity index (χ4v) is 2.58. The molecule has 1 aromatic carbocycles. The van der Waals surface area contributed by atoms with Crippen molar-refractivity contribution < 1.29 is 9.47 Å². The molecule has 2 heteroatoms. The molecule has 1 aromatic rings. The third-order valence-electron chi connectivity index (χ3n) is 4.10. The van der Waals surface area contributed by atoms with Gasteiger partial charge in [0.15, 0.2) is 0 Å². The number of benzene rings is 1. The molecule has 2 nitrogen and oxygen atoms in total. The summed E-state index contributed by atoms with van der Waals surface area (Å²) in [5.74, 6) is 1.04. The molecule has 0 spiro atoms. The predicted octanol–water partition coefficient (Wildman–Crippen LogP) is 4.20. The Labute approximate surface area is 117 Å². The Bertz CT molecular complexity index is 426. The van der Waals surface area contributed by atoms with E-state index < -0.39 is 0 Å². The summed E-state index contributed by atoms with van der Waals surface area (Å²) < 4.78 is 11.4. The number of hydrogen-bond donors (Lipinski definition) is 0. The van der Waals surface area contributed by atoms with Gasteiger partial charge in [-0.05, 0) is 62.3 Å². The van der Waals surface area contributed by atoms with Crippen LogP contribution in [0.4, 0.5) is 0 Å². The first-order chi connectivity index (χ1) is 9.17. The fourth-order valence-electron chi connectivity index (χ4n) is 2.58. The number of ether oxygens (including phenoxy) is 2. The van der Waals surface area contributed by atoms with Gasteiger partial charge >= 0.3 is 0 Å². The lowest BCUT2D eigenvalue weighted by molar-refractivity contribution is 0.315. The second kappa shape index (κ2) is 6.42. The summed E-state index contributed by atoms with van der Waals surface area (Å²) in [6.07, 6.45) is 5.48. The van der Waals surface area contributed by atoms with Crippen LogP contribution >= 0.6 is 0 Å². The minimum Gasteiger partial charge on any atom is -0.493 e. The molecule has 0 saturated carbocycles. The Hall–Kier alpha value is -1.02. The fraction of sp³-hybridized carbons (Fsp3) is 0.647. The predicted molar refractivity (Wildman–Crippen MR) is 79.0 cm³/mol. The summed E-state index contributed by atoms with van der Waals surface area (Å²) >= 11 is 0. The first-order valence-corrected chi connectivity index (χ1v) is 7.54. The Kier molecular flexibility index (Phi) is 4.87. The van der Waals surface area contributed by atoms with Crippen molar-refractivity contribution in [2.24, 2.45) is 0 Å². The highest BCUT2D eigenvalue weighted by molar-refractivity contribution is 5.43. The summed E-state index contributed by atoms with van der Waals surface area (Å²) in [6, 6.07) is 4.34.